The Labute approximate surface area is 84.3 Å². The van der Waals surface area contributed by atoms with E-state index in [-0.39, 0.29) is 6.10 Å². The molecule has 0 fully saturated rings. The molecule has 4 nitrogen and oxygen atoms in total. The summed E-state index contributed by atoms with van der Waals surface area (Å²) in [6.07, 6.45) is 2.02. The molecule has 1 N–H and O–H groups in total. The zero-order valence-electron chi connectivity index (χ0n) is 9.03. The maximum absolute atomic E-state index is 9.09. The third kappa shape index (κ3) is 3.10. The van der Waals surface area contributed by atoms with Gasteiger partial charge in [-0.05, 0) is 19.8 Å². The molecule has 0 amide bonds. The lowest BCUT2D eigenvalue weighted by Crippen LogP contribution is -2.01. The number of nitrogens with zero attached hydrogens (tertiary/aromatic N) is 2. The van der Waals surface area contributed by atoms with Crippen LogP contribution in [0.4, 0.5) is 0 Å². The van der Waals surface area contributed by atoms with Gasteiger partial charge in [0.05, 0.1) is 6.10 Å². The van der Waals surface area contributed by atoms with Crippen LogP contribution >= 0.6 is 0 Å². The summed E-state index contributed by atoms with van der Waals surface area (Å²) >= 11 is 0. The minimum Gasteiger partial charge on any atom is -0.393 e. The Bertz CT molecular complexity index is 271. The molecule has 0 aliphatic heterocycles. The largest absolute Gasteiger partial charge is 0.393 e. The Morgan fingerprint density at radius 1 is 1.43 bits per heavy atom. The summed E-state index contributed by atoms with van der Waals surface area (Å²) < 4.78 is 5.07. The third-order valence-corrected chi connectivity index (χ3v) is 2.31. The number of hydrogen-bond acceptors (Lipinski definition) is 4. The number of hydrogen-bond donors (Lipinski definition) is 1. The molecule has 80 valence electrons. The van der Waals surface area contributed by atoms with Crippen LogP contribution in [0.1, 0.15) is 51.2 Å². The Kier molecular flexibility index (Phi) is 4.07. The van der Waals surface area contributed by atoms with Crippen LogP contribution in [0.5, 0.6) is 0 Å². The molecule has 0 bridgehead atoms. The van der Waals surface area contributed by atoms with Gasteiger partial charge in [0, 0.05) is 12.3 Å². The standard InChI is InChI=1S/C10H18N2O2/c1-4-7(2)10-11-9(14-12-10)6-5-8(3)13/h7-8,13H,4-6H2,1-3H3. The minimum atomic E-state index is -0.311. The molecular weight excluding hydrogens is 180 g/mol. The number of aliphatic hydroxyl groups is 1. The molecule has 14 heavy (non-hydrogen) atoms. The van der Waals surface area contributed by atoms with Gasteiger partial charge in [0.2, 0.25) is 5.89 Å². The third-order valence-electron chi connectivity index (χ3n) is 2.31. The van der Waals surface area contributed by atoms with Gasteiger partial charge in [-0.25, -0.2) is 0 Å². The molecule has 4 heteroatoms. The van der Waals surface area contributed by atoms with E-state index < -0.39 is 0 Å². The van der Waals surface area contributed by atoms with Crippen LogP contribution in [0, 0.1) is 0 Å². The second kappa shape index (κ2) is 5.10. The Hall–Kier alpha value is -0.900. The molecule has 0 saturated carbocycles. The summed E-state index contributed by atoms with van der Waals surface area (Å²) in [4.78, 5) is 4.26. The van der Waals surface area contributed by atoms with Crippen molar-refractivity contribution in [1.29, 1.82) is 0 Å². The van der Waals surface area contributed by atoms with Gasteiger partial charge in [-0.3, -0.25) is 0 Å². The highest BCUT2D eigenvalue weighted by atomic mass is 16.5. The van der Waals surface area contributed by atoms with Crippen molar-refractivity contribution < 1.29 is 9.63 Å². The van der Waals surface area contributed by atoms with Gasteiger partial charge in [-0.15, -0.1) is 0 Å². The molecule has 0 radical (unpaired) electrons. The van der Waals surface area contributed by atoms with Gasteiger partial charge in [-0.2, -0.15) is 4.98 Å². The van der Waals surface area contributed by atoms with E-state index in [9.17, 15) is 0 Å². The van der Waals surface area contributed by atoms with Gasteiger partial charge >= 0.3 is 0 Å². The van der Waals surface area contributed by atoms with E-state index in [1.807, 2.05) is 0 Å². The molecule has 0 aliphatic carbocycles. The fourth-order valence-corrected chi connectivity index (χ4v) is 1.08. The molecule has 1 aromatic heterocycles. The molecule has 1 aromatic rings. The fraction of sp³-hybridized carbons (Fsp3) is 0.800. The quantitative estimate of drug-likeness (QED) is 0.785. The van der Waals surface area contributed by atoms with Crippen molar-refractivity contribution in [3.63, 3.8) is 0 Å². The van der Waals surface area contributed by atoms with Crippen LogP contribution < -0.4 is 0 Å². The van der Waals surface area contributed by atoms with E-state index in [1.165, 1.54) is 0 Å². The zero-order chi connectivity index (χ0) is 10.6. The van der Waals surface area contributed by atoms with E-state index in [4.69, 9.17) is 9.63 Å². The van der Waals surface area contributed by atoms with Crippen LogP contribution in [0.3, 0.4) is 0 Å². The first-order valence-corrected chi connectivity index (χ1v) is 5.14. The van der Waals surface area contributed by atoms with Crippen molar-refractivity contribution in [2.75, 3.05) is 0 Å². The first kappa shape index (κ1) is 11.2. The Morgan fingerprint density at radius 2 is 2.14 bits per heavy atom. The van der Waals surface area contributed by atoms with Crippen molar-refractivity contribution in [2.45, 2.75) is 52.1 Å². The first-order valence-electron chi connectivity index (χ1n) is 5.14. The molecule has 0 saturated heterocycles. The van der Waals surface area contributed by atoms with Crippen LogP contribution in [0.25, 0.3) is 0 Å². The molecule has 1 heterocycles. The number of aliphatic hydroxyl groups excluding tert-OH is 1. The first-order chi connectivity index (χ1) is 6.63. The normalized spacial score (nSPS) is 15.4. The van der Waals surface area contributed by atoms with Crippen molar-refractivity contribution in [3.05, 3.63) is 11.7 Å². The molecule has 0 spiro atoms. The van der Waals surface area contributed by atoms with Crippen molar-refractivity contribution in [3.8, 4) is 0 Å². The molecule has 0 aromatic carbocycles. The molecule has 1 rings (SSSR count). The van der Waals surface area contributed by atoms with Gasteiger partial charge in [-0.1, -0.05) is 19.0 Å². The lowest BCUT2D eigenvalue weighted by atomic mass is 10.1. The summed E-state index contributed by atoms with van der Waals surface area (Å²) in [7, 11) is 0. The van der Waals surface area contributed by atoms with Gasteiger partial charge in [0.15, 0.2) is 5.82 Å². The number of aromatic nitrogens is 2. The summed E-state index contributed by atoms with van der Waals surface area (Å²) in [5.41, 5.74) is 0. The maximum atomic E-state index is 9.09. The van der Waals surface area contributed by atoms with Crippen molar-refractivity contribution >= 4 is 0 Å². The smallest absolute Gasteiger partial charge is 0.226 e. The van der Waals surface area contributed by atoms with Crippen LogP contribution in [-0.2, 0) is 6.42 Å². The molecule has 2 unspecified atom stereocenters. The molecule has 0 aliphatic rings. The average molecular weight is 198 g/mol. The SMILES string of the molecule is CCC(C)c1noc(CCC(C)O)n1. The summed E-state index contributed by atoms with van der Waals surface area (Å²) in [6.45, 7) is 5.92. The van der Waals surface area contributed by atoms with E-state index in [0.29, 0.717) is 24.7 Å². The Morgan fingerprint density at radius 3 is 2.71 bits per heavy atom. The number of rotatable bonds is 5. The molecular formula is C10H18N2O2. The van der Waals surface area contributed by atoms with Crippen molar-refractivity contribution in [2.24, 2.45) is 0 Å². The maximum Gasteiger partial charge on any atom is 0.226 e. The summed E-state index contributed by atoms with van der Waals surface area (Å²) in [5.74, 6) is 1.74. The number of aryl methyl sites for hydroxylation is 1. The van der Waals surface area contributed by atoms with E-state index in [2.05, 4.69) is 24.0 Å². The highest BCUT2D eigenvalue weighted by Gasteiger charge is 2.12. The van der Waals surface area contributed by atoms with Gasteiger partial charge in [0.25, 0.3) is 0 Å². The van der Waals surface area contributed by atoms with Crippen molar-refractivity contribution in [1.82, 2.24) is 10.1 Å². The monoisotopic (exact) mass is 198 g/mol. The topological polar surface area (TPSA) is 59.2 Å². The van der Waals surface area contributed by atoms with Crippen LogP contribution in [0.15, 0.2) is 4.52 Å². The fourth-order valence-electron chi connectivity index (χ4n) is 1.08. The second-order valence-corrected chi connectivity index (χ2v) is 3.74. The zero-order valence-corrected chi connectivity index (χ0v) is 9.03. The van der Waals surface area contributed by atoms with E-state index in [1.54, 1.807) is 6.92 Å². The predicted molar refractivity (Wildman–Crippen MR) is 53.0 cm³/mol. The van der Waals surface area contributed by atoms with Crippen LogP contribution in [-0.4, -0.2) is 21.4 Å². The van der Waals surface area contributed by atoms with Crippen LogP contribution in [0.2, 0.25) is 0 Å². The average Bonchev–Trinajstić information content (AvgIpc) is 2.62. The predicted octanol–water partition coefficient (Wildman–Crippen LogP) is 1.90. The lowest BCUT2D eigenvalue weighted by molar-refractivity contribution is 0.180. The highest BCUT2D eigenvalue weighted by molar-refractivity contribution is 4.93. The Balaban J connectivity index is 2.50. The van der Waals surface area contributed by atoms with E-state index in [0.717, 1.165) is 12.2 Å². The summed E-state index contributed by atoms with van der Waals surface area (Å²) in [6, 6.07) is 0. The highest BCUT2D eigenvalue weighted by Crippen LogP contribution is 2.15. The summed E-state index contributed by atoms with van der Waals surface area (Å²) in [5, 5.41) is 13.0. The molecule has 2 atom stereocenters. The minimum absolute atomic E-state index is 0.311. The van der Waals surface area contributed by atoms with Gasteiger partial charge in [0.1, 0.15) is 0 Å². The van der Waals surface area contributed by atoms with E-state index >= 15 is 0 Å². The van der Waals surface area contributed by atoms with Gasteiger partial charge < -0.3 is 9.63 Å². The second-order valence-electron chi connectivity index (χ2n) is 3.74. The lowest BCUT2D eigenvalue weighted by Gasteiger charge is -1.99.